The zero-order valence-electron chi connectivity index (χ0n) is 12.4. The van der Waals surface area contributed by atoms with Crippen molar-refractivity contribution in [3.05, 3.63) is 78.5 Å². The number of thiazole rings is 1. The number of nitrogens with zero attached hydrogens (tertiary/aromatic N) is 3. The Kier molecular flexibility index (Phi) is 4.59. The standard InChI is InChI=1S/C18H15N3OS/c1-2-12-21(14-8-4-3-5-9-14)18(22)16-13-23-17(20-16)15-10-6-7-11-19-15/h2-11,13H,1,12H2. The molecule has 1 aromatic carbocycles. The summed E-state index contributed by atoms with van der Waals surface area (Å²) in [6, 6.07) is 15.1. The van der Waals surface area contributed by atoms with Crippen molar-refractivity contribution in [2.45, 2.75) is 0 Å². The highest BCUT2D eigenvalue weighted by molar-refractivity contribution is 7.13. The van der Waals surface area contributed by atoms with E-state index in [1.807, 2.05) is 48.5 Å². The molecule has 0 aliphatic heterocycles. The molecule has 2 heterocycles. The molecule has 3 aromatic rings. The molecule has 5 heteroatoms. The first-order chi connectivity index (χ1) is 11.3. The second-order valence-electron chi connectivity index (χ2n) is 4.79. The highest BCUT2D eigenvalue weighted by Gasteiger charge is 2.19. The van der Waals surface area contributed by atoms with Gasteiger partial charge in [-0.1, -0.05) is 30.3 Å². The fourth-order valence-corrected chi connectivity index (χ4v) is 2.93. The van der Waals surface area contributed by atoms with Crippen LogP contribution in [-0.2, 0) is 0 Å². The highest BCUT2D eigenvalue weighted by atomic mass is 32.1. The first-order valence-corrected chi connectivity index (χ1v) is 8.02. The highest BCUT2D eigenvalue weighted by Crippen LogP contribution is 2.23. The van der Waals surface area contributed by atoms with Crippen LogP contribution in [0.15, 0.2) is 72.8 Å². The lowest BCUT2D eigenvalue weighted by Crippen LogP contribution is -2.31. The van der Waals surface area contributed by atoms with Crippen molar-refractivity contribution in [1.29, 1.82) is 0 Å². The number of anilines is 1. The lowest BCUT2D eigenvalue weighted by molar-refractivity contribution is 0.0985. The average Bonchev–Trinajstić information content (AvgIpc) is 3.11. The summed E-state index contributed by atoms with van der Waals surface area (Å²) in [5.41, 5.74) is 2.01. The minimum Gasteiger partial charge on any atom is -0.303 e. The normalized spacial score (nSPS) is 10.3. The zero-order chi connectivity index (χ0) is 16.1. The molecule has 0 N–H and O–H groups in total. The van der Waals surface area contributed by atoms with E-state index in [4.69, 9.17) is 0 Å². The molecule has 0 aliphatic rings. The van der Waals surface area contributed by atoms with Gasteiger partial charge < -0.3 is 4.90 Å². The average molecular weight is 321 g/mol. The van der Waals surface area contributed by atoms with Gasteiger partial charge in [0.05, 0.1) is 5.69 Å². The first kappa shape index (κ1) is 15.1. The van der Waals surface area contributed by atoms with Crippen LogP contribution in [0.5, 0.6) is 0 Å². The number of rotatable bonds is 5. The molecule has 0 radical (unpaired) electrons. The van der Waals surface area contributed by atoms with Crippen molar-refractivity contribution < 1.29 is 4.79 Å². The van der Waals surface area contributed by atoms with E-state index >= 15 is 0 Å². The summed E-state index contributed by atoms with van der Waals surface area (Å²) < 4.78 is 0. The van der Waals surface area contributed by atoms with Crippen molar-refractivity contribution in [2.75, 3.05) is 11.4 Å². The van der Waals surface area contributed by atoms with Crippen LogP contribution in [-0.4, -0.2) is 22.4 Å². The molecule has 1 amide bonds. The van der Waals surface area contributed by atoms with E-state index in [0.29, 0.717) is 12.2 Å². The van der Waals surface area contributed by atoms with E-state index in [1.54, 1.807) is 22.6 Å². The van der Waals surface area contributed by atoms with Gasteiger partial charge in [0, 0.05) is 23.8 Å². The maximum atomic E-state index is 12.8. The molecule has 0 atom stereocenters. The van der Waals surface area contributed by atoms with E-state index in [9.17, 15) is 4.79 Å². The van der Waals surface area contributed by atoms with Crippen LogP contribution in [0.4, 0.5) is 5.69 Å². The van der Waals surface area contributed by atoms with Crippen LogP contribution >= 0.6 is 11.3 Å². The molecular weight excluding hydrogens is 306 g/mol. The number of benzene rings is 1. The third-order valence-corrected chi connectivity index (χ3v) is 4.10. The first-order valence-electron chi connectivity index (χ1n) is 7.14. The van der Waals surface area contributed by atoms with Gasteiger partial charge in [0.2, 0.25) is 0 Å². The Bertz CT molecular complexity index is 799. The van der Waals surface area contributed by atoms with Crippen molar-refractivity contribution in [3.63, 3.8) is 0 Å². The summed E-state index contributed by atoms with van der Waals surface area (Å²) in [7, 11) is 0. The largest absolute Gasteiger partial charge is 0.303 e. The van der Waals surface area contributed by atoms with Crippen LogP contribution in [0.1, 0.15) is 10.5 Å². The molecule has 0 saturated heterocycles. The van der Waals surface area contributed by atoms with Crippen LogP contribution in [0, 0.1) is 0 Å². The molecule has 0 fully saturated rings. The van der Waals surface area contributed by atoms with E-state index in [-0.39, 0.29) is 5.91 Å². The van der Waals surface area contributed by atoms with E-state index in [2.05, 4.69) is 16.5 Å². The maximum Gasteiger partial charge on any atom is 0.278 e. The Labute approximate surface area is 138 Å². The van der Waals surface area contributed by atoms with Gasteiger partial charge in [-0.2, -0.15) is 0 Å². The molecule has 23 heavy (non-hydrogen) atoms. The maximum absolute atomic E-state index is 12.8. The van der Waals surface area contributed by atoms with E-state index in [0.717, 1.165) is 16.4 Å². The molecule has 3 rings (SSSR count). The summed E-state index contributed by atoms with van der Waals surface area (Å²) in [5.74, 6) is -0.144. The number of pyridine rings is 1. The zero-order valence-corrected chi connectivity index (χ0v) is 13.2. The number of aromatic nitrogens is 2. The van der Waals surface area contributed by atoms with Gasteiger partial charge in [-0.25, -0.2) is 4.98 Å². The molecule has 0 bridgehead atoms. The predicted molar refractivity (Wildman–Crippen MR) is 93.7 cm³/mol. The molecule has 2 aromatic heterocycles. The number of amides is 1. The SMILES string of the molecule is C=CCN(C(=O)c1csc(-c2ccccn2)n1)c1ccccc1. The minimum atomic E-state index is -0.144. The topological polar surface area (TPSA) is 46.1 Å². The minimum absolute atomic E-state index is 0.144. The summed E-state index contributed by atoms with van der Waals surface area (Å²) in [6.07, 6.45) is 3.42. The molecule has 4 nitrogen and oxygen atoms in total. The van der Waals surface area contributed by atoms with Crippen LogP contribution < -0.4 is 4.90 Å². The lowest BCUT2D eigenvalue weighted by atomic mass is 10.2. The van der Waals surface area contributed by atoms with Gasteiger partial charge >= 0.3 is 0 Å². The smallest absolute Gasteiger partial charge is 0.278 e. The number of para-hydroxylation sites is 1. The van der Waals surface area contributed by atoms with Gasteiger partial charge in [-0.3, -0.25) is 9.78 Å². The lowest BCUT2D eigenvalue weighted by Gasteiger charge is -2.20. The van der Waals surface area contributed by atoms with Gasteiger partial charge in [0.25, 0.3) is 5.91 Å². The molecule has 114 valence electrons. The third-order valence-electron chi connectivity index (χ3n) is 3.23. The Balaban J connectivity index is 1.89. The molecular formula is C18H15N3OS. The monoisotopic (exact) mass is 321 g/mol. The summed E-state index contributed by atoms with van der Waals surface area (Å²) >= 11 is 1.41. The predicted octanol–water partition coefficient (Wildman–Crippen LogP) is 4.04. The fourth-order valence-electron chi connectivity index (χ4n) is 2.16. The van der Waals surface area contributed by atoms with Crippen LogP contribution in [0.2, 0.25) is 0 Å². The number of hydrogen-bond donors (Lipinski definition) is 0. The van der Waals surface area contributed by atoms with Crippen molar-refractivity contribution >= 4 is 22.9 Å². The summed E-state index contributed by atoms with van der Waals surface area (Å²) in [5, 5.41) is 2.51. The number of carbonyl (C=O) groups is 1. The van der Waals surface area contributed by atoms with Gasteiger partial charge in [-0.05, 0) is 24.3 Å². The van der Waals surface area contributed by atoms with Crippen LogP contribution in [0.25, 0.3) is 10.7 Å². The van der Waals surface area contributed by atoms with Crippen molar-refractivity contribution in [1.82, 2.24) is 9.97 Å². The van der Waals surface area contributed by atoms with Gasteiger partial charge in [-0.15, -0.1) is 17.9 Å². The third kappa shape index (κ3) is 3.35. The summed E-state index contributed by atoms with van der Waals surface area (Å²) in [6.45, 7) is 4.16. The molecule has 0 unspecified atom stereocenters. The Hall–Kier alpha value is -2.79. The van der Waals surface area contributed by atoms with E-state index in [1.165, 1.54) is 11.3 Å². The van der Waals surface area contributed by atoms with Crippen molar-refractivity contribution in [3.8, 4) is 10.7 Å². The quantitative estimate of drug-likeness (QED) is 0.666. The molecule has 0 spiro atoms. The Morgan fingerprint density at radius 2 is 1.96 bits per heavy atom. The fraction of sp³-hybridized carbons (Fsp3) is 0.0556. The van der Waals surface area contributed by atoms with Gasteiger partial charge in [0.15, 0.2) is 0 Å². The van der Waals surface area contributed by atoms with Gasteiger partial charge in [0.1, 0.15) is 10.7 Å². The van der Waals surface area contributed by atoms with Crippen LogP contribution in [0.3, 0.4) is 0 Å². The van der Waals surface area contributed by atoms with Crippen molar-refractivity contribution in [2.24, 2.45) is 0 Å². The number of carbonyl (C=O) groups excluding carboxylic acids is 1. The Morgan fingerprint density at radius 1 is 1.17 bits per heavy atom. The Morgan fingerprint density at radius 3 is 2.65 bits per heavy atom. The molecule has 0 aliphatic carbocycles. The second-order valence-corrected chi connectivity index (χ2v) is 5.65. The molecule has 0 saturated carbocycles. The second kappa shape index (κ2) is 6.98. The van der Waals surface area contributed by atoms with E-state index < -0.39 is 0 Å². The summed E-state index contributed by atoms with van der Waals surface area (Å²) in [4.78, 5) is 23.1. The number of hydrogen-bond acceptors (Lipinski definition) is 4.